The van der Waals surface area contributed by atoms with E-state index in [1.54, 1.807) is 36.1 Å². The summed E-state index contributed by atoms with van der Waals surface area (Å²) in [5.41, 5.74) is 3.62. The Hall–Kier alpha value is -5.05. The number of fused-ring (bicyclic) bond motifs is 1. The average Bonchev–Trinajstić information content (AvgIpc) is 3.58. The van der Waals surface area contributed by atoms with E-state index in [-0.39, 0.29) is 6.79 Å². The number of carbonyl (C=O) groups is 2. The van der Waals surface area contributed by atoms with Crippen LogP contribution in [0.25, 0.3) is 23.0 Å². The van der Waals surface area contributed by atoms with E-state index in [4.69, 9.17) is 24.0 Å². The van der Waals surface area contributed by atoms with E-state index in [0.29, 0.717) is 28.4 Å². The summed E-state index contributed by atoms with van der Waals surface area (Å²) >= 11 is 0. The fraction of sp³-hybridized carbons (Fsp3) is 0.107. The van der Waals surface area contributed by atoms with E-state index in [1.807, 2.05) is 60.8 Å². The van der Waals surface area contributed by atoms with Crippen molar-refractivity contribution in [3.05, 3.63) is 90.6 Å². The summed E-state index contributed by atoms with van der Waals surface area (Å²) < 4.78 is 22.7. The summed E-state index contributed by atoms with van der Waals surface area (Å²) in [4.78, 5) is 24.6. The molecule has 1 aliphatic rings. The number of nitrogens with zero attached hydrogens (tertiary/aromatic N) is 2. The van der Waals surface area contributed by atoms with Crippen molar-refractivity contribution in [2.24, 2.45) is 0 Å². The summed E-state index contributed by atoms with van der Waals surface area (Å²) in [7, 11) is 1.61. The van der Waals surface area contributed by atoms with Crippen LogP contribution < -0.4 is 19.5 Å². The number of para-hydroxylation sites is 1. The number of anilines is 1. The Balaban J connectivity index is 1.27. The lowest BCUT2D eigenvalue weighted by atomic mass is 10.1. The molecule has 0 fully saturated rings. The van der Waals surface area contributed by atoms with Gasteiger partial charge in [0.15, 0.2) is 18.1 Å². The molecule has 4 aromatic rings. The quantitative estimate of drug-likeness (QED) is 0.283. The van der Waals surface area contributed by atoms with Gasteiger partial charge in [-0.3, -0.25) is 4.79 Å². The molecule has 0 radical (unpaired) electrons. The number of benzene rings is 3. The van der Waals surface area contributed by atoms with Crippen LogP contribution in [0.1, 0.15) is 5.56 Å². The van der Waals surface area contributed by atoms with Gasteiger partial charge in [-0.1, -0.05) is 18.2 Å². The zero-order valence-electron chi connectivity index (χ0n) is 19.9. The maximum Gasteiger partial charge on any atom is 0.331 e. The first-order valence-corrected chi connectivity index (χ1v) is 11.4. The number of nitrogens with one attached hydrogen (secondary N) is 1. The normalized spacial score (nSPS) is 11.9. The standard InChI is InChI=1S/C28H23N3O6/c1-34-23-11-7-19(8-12-23)28-20(16-31(30-28)22-5-3-2-4-6-22)9-14-27(33)35-17-26(32)29-21-10-13-24-25(15-21)37-18-36-24/h2-16H,17-18H2,1H3,(H,29,32)/b14-9+. The molecular formula is C28H23N3O6. The van der Waals surface area contributed by atoms with Crippen molar-refractivity contribution < 1.29 is 28.5 Å². The van der Waals surface area contributed by atoms with Gasteiger partial charge in [-0.15, -0.1) is 0 Å². The van der Waals surface area contributed by atoms with Gasteiger partial charge in [0.05, 0.1) is 18.5 Å². The first-order valence-electron chi connectivity index (χ1n) is 11.4. The number of amides is 1. The van der Waals surface area contributed by atoms with Gasteiger partial charge in [0.1, 0.15) is 5.75 Å². The average molecular weight is 498 g/mol. The highest BCUT2D eigenvalue weighted by molar-refractivity contribution is 5.95. The number of ether oxygens (including phenoxy) is 4. The molecule has 1 N–H and O–H groups in total. The minimum atomic E-state index is -0.658. The number of hydrogen-bond donors (Lipinski definition) is 1. The monoisotopic (exact) mass is 497 g/mol. The van der Waals surface area contributed by atoms with E-state index in [9.17, 15) is 9.59 Å². The molecule has 3 aromatic carbocycles. The van der Waals surface area contributed by atoms with E-state index in [1.165, 1.54) is 6.08 Å². The minimum absolute atomic E-state index is 0.140. The van der Waals surface area contributed by atoms with Crippen LogP contribution in [0.2, 0.25) is 0 Å². The Morgan fingerprint density at radius 1 is 1.03 bits per heavy atom. The molecule has 9 heteroatoms. The smallest absolute Gasteiger partial charge is 0.331 e. The molecule has 0 unspecified atom stereocenters. The molecular weight excluding hydrogens is 474 g/mol. The highest BCUT2D eigenvalue weighted by Crippen LogP contribution is 2.34. The van der Waals surface area contributed by atoms with E-state index >= 15 is 0 Å². The fourth-order valence-corrected chi connectivity index (χ4v) is 3.71. The highest BCUT2D eigenvalue weighted by atomic mass is 16.7. The molecule has 0 aliphatic carbocycles. The van der Waals surface area contributed by atoms with Gasteiger partial charge < -0.3 is 24.3 Å². The topological polar surface area (TPSA) is 101 Å². The summed E-state index contributed by atoms with van der Waals surface area (Å²) in [5, 5.41) is 7.38. The summed E-state index contributed by atoms with van der Waals surface area (Å²) in [6, 6.07) is 22.1. The number of carbonyl (C=O) groups excluding carboxylic acids is 2. The van der Waals surface area contributed by atoms with Crippen LogP contribution in [-0.4, -0.2) is 42.2 Å². The lowest BCUT2D eigenvalue weighted by Crippen LogP contribution is -2.20. The van der Waals surface area contributed by atoms with Gasteiger partial charge >= 0.3 is 5.97 Å². The summed E-state index contributed by atoms with van der Waals surface area (Å²) in [6.07, 6.45) is 4.71. The molecule has 0 atom stereocenters. The third-order valence-corrected chi connectivity index (χ3v) is 5.53. The second-order valence-corrected chi connectivity index (χ2v) is 8.00. The van der Waals surface area contributed by atoms with Gasteiger partial charge in [0, 0.05) is 35.2 Å². The van der Waals surface area contributed by atoms with Crippen molar-refractivity contribution in [1.82, 2.24) is 9.78 Å². The van der Waals surface area contributed by atoms with Gasteiger partial charge in [0.2, 0.25) is 6.79 Å². The molecule has 9 nitrogen and oxygen atoms in total. The Morgan fingerprint density at radius 2 is 1.81 bits per heavy atom. The molecule has 0 bridgehead atoms. The lowest BCUT2D eigenvalue weighted by molar-refractivity contribution is -0.142. The van der Waals surface area contributed by atoms with Crippen molar-refractivity contribution in [1.29, 1.82) is 0 Å². The molecule has 186 valence electrons. The molecule has 0 saturated carbocycles. The Labute approximate surface area is 212 Å². The summed E-state index contributed by atoms with van der Waals surface area (Å²) in [5.74, 6) is 0.747. The maximum atomic E-state index is 12.4. The van der Waals surface area contributed by atoms with Crippen molar-refractivity contribution in [2.45, 2.75) is 0 Å². The predicted molar refractivity (Wildman–Crippen MR) is 137 cm³/mol. The van der Waals surface area contributed by atoms with Crippen molar-refractivity contribution in [3.8, 4) is 34.2 Å². The van der Waals surface area contributed by atoms with Crippen molar-refractivity contribution in [2.75, 3.05) is 25.8 Å². The Morgan fingerprint density at radius 3 is 2.59 bits per heavy atom. The van der Waals surface area contributed by atoms with E-state index in [2.05, 4.69) is 5.32 Å². The van der Waals surface area contributed by atoms with Crippen LogP contribution in [-0.2, 0) is 14.3 Å². The zero-order valence-corrected chi connectivity index (χ0v) is 19.9. The van der Waals surface area contributed by atoms with E-state index in [0.717, 1.165) is 17.0 Å². The first kappa shape index (κ1) is 23.7. The number of esters is 1. The third-order valence-electron chi connectivity index (χ3n) is 5.53. The van der Waals surface area contributed by atoms with Crippen LogP contribution in [0.5, 0.6) is 17.2 Å². The fourth-order valence-electron chi connectivity index (χ4n) is 3.71. The number of rotatable bonds is 8. The number of hydrogen-bond acceptors (Lipinski definition) is 7. The highest BCUT2D eigenvalue weighted by Gasteiger charge is 2.15. The predicted octanol–water partition coefficient (Wildman–Crippen LogP) is 4.47. The third kappa shape index (κ3) is 5.62. The van der Waals surface area contributed by atoms with Crippen LogP contribution in [0, 0.1) is 0 Å². The molecule has 1 aliphatic heterocycles. The number of aromatic nitrogens is 2. The maximum absolute atomic E-state index is 12.4. The second kappa shape index (κ2) is 10.7. The molecule has 0 spiro atoms. The number of methoxy groups -OCH3 is 1. The molecule has 37 heavy (non-hydrogen) atoms. The largest absolute Gasteiger partial charge is 0.497 e. The van der Waals surface area contributed by atoms with Gasteiger partial charge in [0.25, 0.3) is 5.91 Å². The lowest BCUT2D eigenvalue weighted by Gasteiger charge is -2.06. The minimum Gasteiger partial charge on any atom is -0.497 e. The first-order chi connectivity index (χ1) is 18.1. The van der Waals surface area contributed by atoms with Gasteiger partial charge in [-0.05, 0) is 54.6 Å². The molecule has 1 amide bonds. The Bertz CT molecular complexity index is 1440. The van der Waals surface area contributed by atoms with Crippen molar-refractivity contribution in [3.63, 3.8) is 0 Å². The Kier molecular flexibility index (Phi) is 6.84. The van der Waals surface area contributed by atoms with Crippen LogP contribution in [0.3, 0.4) is 0 Å². The SMILES string of the molecule is COc1ccc(-c2nn(-c3ccccc3)cc2/C=C/C(=O)OCC(=O)Nc2ccc3c(c2)OCO3)cc1. The van der Waals surface area contributed by atoms with Gasteiger partial charge in [-0.25, -0.2) is 9.48 Å². The van der Waals surface area contributed by atoms with E-state index < -0.39 is 18.5 Å². The molecule has 5 rings (SSSR count). The van der Waals surface area contributed by atoms with Crippen LogP contribution in [0.4, 0.5) is 5.69 Å². The second-order valence-electron chi connectivity index (χ2n) is 8.00. The van der Waals surface area contributed by atoms with Gasteiger partial charge in [-0.2, -0.15) is 5.10 Å². The molecule has 0 saturated heterocycles. The summed E-state index contributed by atoms with van der Waals surface area (Å²) in [6.45, 7) is -0.298. The van der Waals surface area contributed by atoms with Crippen molar-refractivity contribution >= 4 is 23.6 Å². The molecule has 2 heterocycles. The molecule has 1 aromatic heterocycles. The van der Waals surface area contributed by atoms with Crippen LogP contribution in [0.15, 0.2) is 85.1 Å². The zero-order chi connectivity index (χ0) is 25.6. The van der Waals surface area contributed by atoms with Crippen LogP contribution >= 0.6 is 0 Å².